The van der Waals surface area contributed by atoms with Crippen LogP contribution < -0.4 is 0 Å². The van der Waals surface area contributed by atoms with E-state index in [9.17, 15) is 4.79 Å². The van der Waals surface area contributed by atoms with Gasteiger partial charge in [0.1, 0.15) is 17.2 Å². The Labute approximate surface area is 181 Å². The van der Waals surface area contributed by atoms with Gasteiger partial charge in [-0.15, -0.1) is 0 Å². The normalized spacial score (nSPS) is 16.0. The van der Waals surface area contributed by atoms with Gasteiger partial charge in [-0.2, -0.15) is 0 Å². The first-order valence-corrected chi connectivity index (χ1v) is 10.6. The number of aromatic nitrogens is 4. The summed E-state index contributed by atoms with van der Waals surface area (Å²) < 4.78 is 3.98. The number of rotatable bonds is 4. The third kappa shape index (κ3) is 3.72. The number of amides is 1. The summed E-state index contributed by atoms with van der Waals surface area (Å²) in [7, 11) is 2.03. The third-order valence-electron chi connectivity index (χ3n) is 6.02. The lowest BCUT2D eigenvalue weighted by Crippen LogP contribution is -2.50. The second kappa shape index (κ2) is 8.00. The van der Waals surface area contributed by atoms with Crippen LogP contribution in [0.25, 0.3) is 5.65 Å². The first-order chi connectivity index (χ1) is 15.1. The lowest BCUT2D eigenvalue weighted by atomic mass is 10.0. The van der Waals surface area contributed by atoms with E-state index in [1.54, 1.807) is 0 Å². The fourth-order valence-electron chi connectivity index (χ4n) is 4.33. The minimum Gasteiger partial charge on any atom is -0.336 e. The highest BCUT2D eigenvalue weighted by molar-refractivity contribution is 5.93. The summed E-state index contributed by atoms with van der Waals surface area (Å²) in [6.45, 7) is 4.93. The molecule has 0 radical (unpaired) electrons. The van der Waals surface area contributed by atoms with Gasteiger partial charge in [0.2, 0.25) is 0 Å². The van der Waals surface area contributed by atoms with E-state index in [4.69, 9.17) is 0 Å². The highest BCUT2D eigenvalue weighted by Gasteiger charge is 2.31. The van der Waals surface area contributed by atoms with Gasteiger partial charge in [-0.05, 0) is 30.2 Å². The van der Waals surface area contributed by atoms with E-state index in [-0.39, 0.29) is 11.9 Å². The minimum atomic E-state index is -0.00532. The Kier molecular flexibility index (Phi) is 5.03. The van der Waals surface area contributed by atoms with Crippen molar-refractivity contribution in [3.8, 4) is 0 Å². The second-order valence-corrected chi connectivity index (χ2v) is 8.13. The number of fused-ring (bicyclic) bond motifs is 1. The van der Waals surface area contributed by atoms with Crippen LogP contribution in [0.2, 0.25) is 0 Å². The van der Waals surface area contributed by atoms with Crippen LogP contribution in [-0.2, 0) is 7.05 Å². The van der Waals surface area contributed by atoms with Gasteiger partial charge in [-0.3, -0.25) is 9.69 Å². The van der Waals surface area contributed by atoms with Crippen molar-refractivity contribution in [2.45, 2.75) is 13.0 Å². The third-order valence-corrected chi connectivity index (χ3v) is 6.02. The SMILES string of the molecule is Cc1ccn2cc(C(=O)N3CCN(C(c4ccccc4)c4nccn4C)CC3)nc2c1. The molecule has 1 unspecified atom stereocenters. The molecule has 1 saturated heterocycles. The molecule has 4 aromatic rings. The molecule has 0 N–H and O–H groups in total. The smallest absolute Gasteiger partial charge is 0.274 e. The van der Waals surface area contributed by atoms with Crippen LogP contribution in [0.15, 0.2) is 67.3 Å². The lowest BCUT2D eigenvalue weighted by molar-refractivity contribution is 0.0585. The Bertz CT molecular complexity index is 1200. The lowest BCUT2D eigenvalue weighted by Gasteiger charge is -2.39. The molecule has 1 aliphatic rings. The Morgan fingerprint density at radius 1 is 1.03 bits per heavy atom. The standard InChI is InChI=1S/C24H26N6O/c1-18-8-10-30-17-20(26-21(30)16-18)24(31)29-14-12-28(13-15-29)22(19-6-4-3-5-7-19)23-25-9-11-27(23)2/h3-11,16-17,22H,12-15H2,1-2H3. The summed E-state index contributed by atoms with van der Waals surface area (Å²) in [4.78, 5) is 26.6. The van der Waals surface area contributed by atoms with Crippen molar-refractivity contribution in [1.29, 1.82) is 0 Å². The van der Waals surface area contributed by atoms with Crippen LogP contribution in [0.1, 0.15) is 33.5 Å². The molecule has 7 heteroatoms. The first-order valence-electron chi connectivity index (χ1n) is 10.6. The number of imidazole rings is 2. The van der Waals surface area contributed by atoms with Gasteiger partial charge < -0.3 is 13.9 Å². The van der Waals surface area contributed by atoms with Crippen molar-refractivity contribution in [2.75, 3.05) is 26.2 Å². The molecule has 0 bridgehead atoms. The molecule has 4 heterocycles. The molecule has 1 aliphatic heterocycles. The minimum absolute atomic E-state index is 0.00532. The van der Waals surface area contributed by atoms with Crippen LogP contribution in [0, 0.1) is 6.92 Å². The fourth-order valence-corrected chi connectivity index (χ4v) is 4.33. The molecule has 3 aromatic heterocycles. The van der Waals surface area contributed by atoms with Crippen molar-refractivity contribution < 1.29 is 4.79 Å². The highest BCUT2D eigenvalue weighted by Crippen LogP contribution is 2.28. The van der Waals surface area contributed by atoms with Gasteiger partial charge in [0, 0.05) is 58.0 Å². The predicted molar refractivity (Wildman–Crippen MR) is 119 cm³/mol. The summed E-state index contributed by atoms with van der Waals surface area (Å²) in [5.74, 6) is 1.01. The first kappa shape index (κ1) is 19.5. The zero-order valence-electron chi connectivity index (χ0n) is 17.8. The summed E-state index contributed by atoms with van der Waals surface area (Å²) in [6.07, 6.45) is 7.60. The van der Waals surface area contributed by atoms with Gasteiger partial charge in [0.05, 0.1) is 6.04 Å². The van der Waals surface area contributed by atoms with E-state index >= 15 is 0 Å². The molecule has 5 rings (SSSR count). The van der Waals surface area contributed by atoms with E-state index in [2.05, 4.69) is 43.7 Å². The number of carbonyl (C=O) groups is 1. The Morgan fingerprint density at radius 3 is 2.52 bits per heavy atom. The Balaban J connectivity index is 1.34. The Hall–Kier alpha value is -3.45. The number of hydrogen-bond donors (Lipinski definition) is 0. The van der Waals surface area contributed by atoms with Crippen LogP contribution in [-0.4, -0.2) is 60.8 Å². The average Bonchev–Trinajstić information content (AvgIpc) is 3.41. The van der Waals surface area contributed by atoms with Gasteiger partial charge in [0.15, 0.2) is 0 Å². The molecular weight excluding hydrogens is 388 g/mol. The maximum Gasteiger partial charge on any atom is 0.274 e. The number of benzene rings is 1. The molecular formula is C24H26N6O. The van der Waals surface area contributed by atoms with Crippen molar-refractivity contribution in [3.63, 3.8) is 0 Å². The molecule has 1 amide bonds. The summed E-state index contributed by atoms with van der Waals surface area (Å²) in [6, 6.07) is 14.5. The number of pyridine rings is 1. The molecule has 7 nitrogen and oxygen atoms in total. The molecule has 0 saturated carbocycles. The highest BCUT2D eigenvalue weighted by atomic mass is 16.2. The van der Waals surface area contributed by atoms with E-state index in [0.717, 1.165) is 30.1 Å². The maximum atomic E-state index is 13.1. The number of carbonyl (C=O) groups excluding carboxylic acids is 1. The zero-order valence-corrected chi connectivity index (χ0v) is 17.8. The Morgan fingerprint density at radius 2 is 1.81 bits per heavy atom. The van der Waals surface area contributed by atoms with E-state index < -0.39 is 0 Å². The predicted octanol–water partition coefficient (Wildman–Crippen LogP) is 2.92. The number of nitrogens with zero attached hydrogens (tertiary/aromatic N) is 6. The van der Waals surface area contributed by atoms with Crippen molar-refractivity contribution in [2.24, 2.45) is 7.05 Å². The summed E-state index contributed by atoms with van der Waals surface area (Å²) in [5, 5.41) is 0. The molecule has 1 aromatic carbocycles. The molecule has 0 aliphatic carbocycles. The number of aryl methyl sites for hydroxylation is 2. The molecule has 1 atom stereocenters. The van der Waals surface area contributed by atoms with E-state index in [1.165, 1.54) is 5.56 Å². The molecule has 31 heavy (non-hydrogen) atoms. The molecule has 1 fully saturated rings. The average molecular weight is 415 g/mol. The van der Waals surface area contributed by atoms with Crippen LogP contribution in [0.3, 0.4) is 0 Å². The second-order valence-electron chi connectivity index (χ2n) is 8.13. The van der Waals surface area contributed by atoms with E-state index in [1.807, 2.05) is 66.3 Å². The summed E-state index contributed by atoms with van der Waals surface area (Å²) >= 11 is 0. The van der Waals surface area contributed by atoms with Gasteiger partial charge in [0.25, 0.3) is 5.91 Å². The van der Waals surface area contributed by atoms with Gasteiger partial charge >= 0.3 is 0 Å². The van der Waals surface area contributed by atoms with Crippen molar-refractivity contribution in [3.05, 3.63) is 89.9 Å². The zero-order chi connectivity index (χ0) is 21.4. The van der Waals surface area contributed by atoms with E-state index in [0.29, 0.717) is 18.8 Å². The topological polar surface area (TPSA) is 58.7 Å². The molecule has 0 spiro atoms. The van der Waals surface area contributed by atoms with Crippen LogP contribution in [0.5, 0.6) is 0 Å². The number of piperazine rings is 1. The molecule has 158 valence electrons. The van der Waals surface area contributed by atoms with Crippen LogP contribution >= 0.6 is 0 Å². The summed E-state index contributed by atoms with van der Waals surface area (Å²) in [5.41, 5.74) is 3.66. The van der Waals surface area contributed by atoms with Crippen molar-refractivity contribution in [1.82, 2.24) is 28.7 Å². The van der Waals surface area contributed by atoms with Crippen molar-refractivity contribution >= 4 is 11.6 Å². The fraction of sp³-hybridized carbons (Fsp3) is 0.292. The largest absolute Gasteiger partial charge is 0.336 e. The quantitative estimate of drug-likeness (QED) is 0.515. The monoisotopic (exact) mass is 414 g/mol. The van der Waals surface area contributed by atoms with Crippen LogP contribution in [0.4, 0.5) is 0 Å². The van der Waals surface area contributed by atoms with Gasteiger partial charge in [-0.1, -0.05) is 30.3 Å². The number of hydrogen-bond acceptors (Lipinski definition) is 4. The van der Waals surface area contributed by atoms with Gasteiger partial charge in [-0.25, -0.2) is 9.97 Å². The maximum absolute atomic E-state index is 13.1.